The summed E-state index contributed by atoms with van der Waals surface area (Å²) in [7, 11) is 0. The number of rotatable bonds is 2. The lowest BCUT2D eigenvalue weighted by Gasteiger charge is -2.36. The van der Waals surface area contributed by atoms with E-state index in [1.165, 1.54) is 4.88 Å². The number of carbonyl (C=O) groups is 1. The van der Waals surface area contributed by atoms with Gasteiger partial charge in [0.1, 0.15) is 6.17 Å². The molecule has 3 heterocycles. The second-order valence-corrected chi connectivity index (χ2v) is 7.36. The first-order valence-electron chi connectivity index (χ1n) is 8.14. The van der Waals surface area contributed by atoms with Crippen molar-refractivity contribution in [3.8, 4) is 0 Å². The summed E-state index contributed by atoms with van der Waals surface area (Å²) in [5.41, 5.74) is 1.07. The van der Waals surface area contributed by atoms with E-state index in [0.717, 1.165) is 30.5 Å². The molecule has 2 saturated heterocycles. The van der Waals surface area contributed by atoms with E-state index < -0.39 is 6.17 Å². The SMILES string of the molecule is Cc1nc(N2CCN(C(=O)NC3CCNCC3F)CC2)sc1C. The molecule has 0 aromatic carbocycles. The smallest absolute Gasteiger partial charge is 0.317 e. The number of alkyl halides is 1. The Balaban J connectivity index is 1.51. The molecule has 2 N–H and O–H groups in total. The number of piperidine rings is 1. The fourth-order valence-electron chi connectivity index (χ4n) is 2.92. The molecule has 2 aliphatic heterocycles. The average Bonchev–Trinajstić information content (AvgIpc) is 2.89. The number of nitrogens with zero attached hydrogens (tertiary/aromatic N) is 3. The predicted molar refractivity (Wildman–Crippen MR) is 90.1 cm³/mol. The molecule has 3 rings (SSSR count). The monoisotopic (exact) mass is 341 g/mol. The van der Waals surface area contributed by atoms with Gasteiger partial charge < -0.3 is 20.4 Å². The van der Waals surface area contributed by atoms with Crippen LogP contribution in [0.3, 0.4) is 0 Å². The van der Waals surface area contributed by atoms with Crippen molar-refractivity contribution in [2.75, 3.05) is 44.2 Å². The zero-order valence-electron chi connectivity index (χ0n) is 13.6. The van der Waals surface area contributed by atoms with E-state index in [9.17, 15) is 9.18 Å². The number of nitrogens with one attached hydrogen (secondary N) is 2. The molecule has 2 atom stereocenters. The first-order valence-corrected chi connectivity index (χ1v) is 8.95. The fourth-order valence-corrected chi connectivity index (χ4v) is 3.89. The van der Waals surface area contributed by atoms with Gasteiger partial charge in [0.2, 0.25) is 0 Å². The van der Waals surface area contributed by atoms with Crippen molar-refractivity contribution >= 4 is 22.5 Å². The zero-order chi connectivity index (χ0) is 16.4. The summed E-state index contributed by atoms with van der Waals surface area (Å²) in [6.07, 6.45) is -0.361. The van der Waals surface area contributed by atoms with Crippen LogP contribution in [0, 0.1) is 13.8 Å². The second-order valence-electron chi connectivity index (χ2n) is 6.18. The molecule has 0 bridgehead atoms. The number of carbonyl (C=O) groups excluding carboxylic acids is 1. The normalized spacial score (nSPS) is 25.5. The van der Waals surface area contributed by atoms with Crippen molar-refractivity contribution in [1.29, 1.82) is 0 Å². The lowest BCUT2D eigenvalue weighted by atomic mass is 10.1. The lowest BCUT2D eigenvalue weighted by Crippen LogP contribution is -2.57. The Labute approximate surface area is 140 Å². The van der Waals surface area contributed by atoms with Crippen LogP contribution in [-0.2, 0) is 0 Å². The van der Waals surface area contributed by atoms with E-state index in [1.807, 2.05) is 6.92 Å². The average molecular weight is 341 g/mol. The molecule has 2 fully saturated rings. The van der Waals surface area contributed by atoms with E-state index in [4.69, 9.17) is 0 Å². The van der Waals surface area contributed by atoms with Crippen LogP contribution in [-0.4, -0.2) is 67.4 Å². The highest BCUT2D eigenvalue weighted by Gasteiger charge is 2.29. The highest BCUT2D eigenvalue weighted by molar-refractivity contribution is 7.15. The van der Waals surface area contributed by atoms with Gasteiger partial charge >= 0.3 is 6.03 Å². The number of piperazine rings is 1. The van der Waals surface area contributed by atoms with Crippen LogP contribution in [0.5, 0.6) is 0 Å². The number of aromatic nitrogens is 1. The molecule has 1 aromatic rings. The Morgan fingerprint density at radius 2 is 2.09 bits per heavy atom. The molecule has 23 heavy (non-hydrogen) atoms. The maximum absolute atomic E-state index is 13.8. The van der Waals surface area contributed by atoms with Crippen LogP contribution in [0.25, 0.3) is 0 Å². The third-order valence-corrected chi connectivity index (χ3v) is 5.71. The summed E-state index contributed by atoms with van der Waals surface area (Å²) in [5, 5.41) is 6.87. The Bertz CT molecular complexity index is 539. The molecule has 0 radical (unpaired) electrons. The van der Waals surface area contributed by atoms with Gasteiger partial charge in [0.15, 0.2) is 5.13 Å². The third kappa shape index (κ3) is 3.74. The number of amides is 2. The second kappa shape index (κ2) is 7.00. The van der Waals surface area contributed by atoms with Crippen molar-refractivity contribution in [2.45, 2.75) is 32.5 Å². The van der Waals surface area contributed by atoms with Crippen molar-refractivity contribution in [3.05, 3.63) is 10.6 Å². The van der Waals surface area contributed by atoms with Gasteiger partial charge in [-0.3, -0.25) is 0 Å². The van der Waals surface area contributed by atoms with Crippen LogP contribution in [0.4, 0.5) is 14.3 Å². The summed E-state index contributed by atoms with van der Waals surface area (Å²) in [5.74, 6) is 0. The van der Waals surface area contributed by atoms with Gasteiger partial charge in [-0.05, 0) is 26.8 Å². The molecule has 128 valence electrons. The van der Waals surface area contributed by atoms with Crippen LogP contribution in [0.15, 0.2) is 0 Å². The van der Waals surface area contributed by atoms with Crippen molar-refractivity contribution in [3.63, 3.8) is 0 Å². The molecule has 0 saturated carbocycles. The largest absolute Gasteiger partial charge is 0.345 e. The number of hydrogen-bond acceptors (Lipinski definition) is 5. The third-order valence-electron chi connectivity index (χ3n) is 4.57. The Kier molecular flexibility index (Phi) is 5.01. The molecule has 2 aliphatic rings. The van der Waals surface area contributed by atoms with Crippen molar-refractivity contribution in [1.82, 2.24) is 20.5 Å². The summed E-state index contributed by atoms with van der Waals surface area (Å²) >= 11 is 1.70. The molecule has 0 spiro atoms. The van der Waals surface area contributed by atoms with E-state index in [2.05, 4.69) is 27.4 Å². The van der Waals surface area contributed by atoms with Crippen LogP contribution >= 0.6 is 11.3 Å². The maximum Gasteiger partial charge on any atom is 0.317 e. The van der Waals surface area contributed by atoms with Gasteiger partial charge in [0.05, 0.1) is 11.7 Å². The van der Waals surface area contributed by atoms with Gasteiger partial charge in [-0.1, -0.05) is 0 Å². The van der Waals surface area contributed by atoms with Gasteiger partial charge in [0, 0.05) is 37.6 Å². The molecule has 0 aliphatic carbocycles. The van der Waals surface area contributed by atoms with Crippen LogP contribution in [0.1, 0.15) is 17.0 Å². The number of hydrogen-bond donors (Lipinski definition) is 2. The van der Waals surface area contributed by atoms with Crippen molar-refractivity contribution < 1.29 is 9.18 Å². The van der Waals surface area contributed by atoms with E-state index in [-0.39, 0.29) is 12.1 Å². The minimum Gasteiger partial charge on any atom is -0.345 e. The molecule has 2 unspecified atom stereocenters. The minimum absolute atomic E-state index is 0.148. The van der Waals surface area contributed by atoms with Crippen LogP contribution < -0.4 is 15.5 Å². The standard InChI is InChI=1S/C15H24FN5OS/c1-10-11(2)23-15(18-10)21-7-5-20(6-8-21)14(22)19-13-3-4-17-9-12(13)16/h12-13,17H,3-9H2,1-2H3,(H,19,22). The Hall–Kier alpha value is -1.41. The molecular formula is C15H24FN5OS. The van der Waals surface area contributed by atoms with Gasteiger partial charge in [-0.2, -0.15) is 0 Å². The fraction of sp³-hybridized carbons (Fsp3) is 0.733. The number of halogens is 1. The van der Waals surface area contributed by atoms with Gasteiger partial charge in [-0.15, -0.1) is 11.3 Å². The highest BCUT2D eigenvalue weighted by atomic mass is 32.1. The Morgan fingerprint density at radius 3 is 2.70 bits per heavy atom. The van der Waals surface area contributed by atoms with E-state index in [1.54, 1.807) is 16.2 Å². The summed E-state index contributed by atoms with van der Waals surface area (Å²) in [6.45, 7) is 7.99. The molecule has 6 nitrogen and oxygen atoms in total. The molecule has 1 aromatic heterocycles. The number of aryl methyl sites for hydroxylation is 2. The van der Waals surface area contributed by atoms with Gasteiger partial charge in [-0.25, -0.2) is 14.2 Å². The topological polar surface area (TPSA) is 60.5 Å². The molecular weight excluding hydrogens is 317 g/mol. The van der Waals surface area contributed by atoms with E-state index >= 15 is 0 Å². The Morgan fingerprint density at radius 1 is 1.35 bits per heavy atom. The van der Waals surface area contributed by atoms with Gasteiger partial charge in [0.25, 0.3) is 0 Å². The van der Waals surface area contributed by atoms with Crippen molar-refractivity contribution in [2.24, 2.45) is 0 Å². The summed E-state index contributed by atoms with van der Waals surface area (Å²) in [4.78, 5) is 22.1. The molecule has 8 heteroatoms. The maximum atomic E-state index is 13.8. The first kappa shape index (κ1) is 16.4. The quantitative estimate of drug-likeness (QED) is 0.851. The zero-order valence-corrected chi connectivity index (χ0v) is 14.5. The predicted octanol–water partition coefficient (Wildman–Crippen LogP) is 1.29. The first-order chi connectivity index (χ1) is 11.0. The number of anilines is 1. The number of urea groups is 1. The summed E-state index contributed by atoms with van der Waals surface area (Å²) < 4.78 is 13.8. The van der Waals surface area contributed by atoms with Crippen LogP contribution in [0.2, 0.25) is 0 Å². The summed E-state index contributed by atoms with van der Waals surface area (Å²) in [6, 6.07) is -0.517. The lowest BCUT2D eigenvalue weighted by molar-refractivity contribution is 0.165. The molecule has 2 amide bonds. The number of thiazole rings is 1. The highest BCUT2D eigenvalue weighted by Crippen LogP contribution is 2.26. The minimum atomic E-state index is -1.00. The van der Waals surface area contributed by atoms with E-state index in [0.29, 0.717) is 26.1 Å².